The third-order valence-corrected chi connectivity index (χ3v) is 5.83. The van der Waals surface area contributed by atoms with Crippen LogP contribution in [0.5, 0.6) is 11.5 Å². The molecule has 1 fully saturated rings. The zero-order chi connectivity index (χ0) is 19.9. The summed E-state index contributed by atoms with van der Waals surface area (Å²) in [5.41, 5.74) is 3.99. The first kappa shape index (κ1) is 20.7. The van der Waals surface area contributed by atoms with Crippen LogP contribution in [0.25, 0.3) is 0 Å². The highest BCUT2D eigenvalue weighted by molar-refractivity contribution is 5.41. The van der Waals surface area contributed by atoms with Crippen molar-refractivity contribution in [2.24, 2.45) is 5.92 Å². The van der Waals surface area contributed by atoms with Crippen molar-refractivity contribution in [3.8, 4) is 11.5 Å². The van der Waals surface area contributed by atoms with Crippen LogP contribution in [0.4, 0.5) is 0 Å². The standard InChI is InChI=1S/C24H34N2O2/c1-19-7-4-5-9-22(19)12-14-26-13-6-8-21(18-26)17-25(2)16-20-10-11-24(28-3)23(27)15-20/h4-5,7,9-11,15,21,27H,6,8,12-14,16-18H2,1-3H3/t21-/m0/s1. The Morgan fingerprint density at radius 1 is 1.21 bits per heavy atom. The number of ether oxygens (including phenoxy) is 1. The number of nitrogens with zero attached hydrogens (tertiary/aromatic N) is 2. The van der Waals surface area contributed by atoms with Crippen molar-refractivity contribution in [2.45, 2.75) is 32.7 Å². The highest BCUT2D eigenvalue weighted by Crippen LogP contribution is 2.27. The third-order valence-electron chi connectivity index (χ3n) is 5.83. The summed E-state index contributed by atoms with van der Waals surface area (Å²) in [5.74, 6) is 1.46. The Balaban J connectivity index is 1.47. The molecule has 3 rings (SSSR count). The predicted molar refractivity (Wildman–Crippen MR) is 115 cm³/mol. The number of piperidine rings is 1. The molecule has 0 saturated carbocycles. The van der Waals surface area contributed by atoms with Gasteiger partial charge in [0.05, 0.1) is 7.11 Å². The maximum atomic E-state index is 9.98. The van der Waals surface area contributed by atoms with Gasteiger partial charge in [0.2, 0.25) is 0 Å². The minimum Gasteiger partial charge on any atom is -0.504 e. The molecule has 0 amide bonds. The molecule has 152 valence electrons. The van der Waals surface area contributed by atoms with E-state index in [4.69, 9.17) is 4.74 Å². The monoisotopic (exact) mass is 382 g/mol. The summed E-state index contributed by atoms with van der Waals surface area (Å²) < 4.78 is 5.13. The Labute approximate surface area is 169 Å². The summed E-state index contributed by atoms with van der Waals surface area (Å²) in [4.78, 5) is 5.00. The molecule has 1 aliphatic rings. The van der Waals surface area contributed by atoms with Crippen LogP contribution >= 0.6 is 0 Å². The smallest absolute Gasteiger partial charge is 0.160 e. The van der Waals surface area contributed by atoms with Crippen LogP contribution in [0.3, 0.4) is 0 Å². The van der Waals surface area contributed by atoms with Gasteiger partial charge in [-0.15, -0.1) is 0 Å². The van der Waals surface area contributed by atoms with Gasteiger partial charge >= 0.3 is 0 Å². The van der Waals surface area contributed by atoms with Crippen molar-refractivity contribution >= 4 is 0 Å². The van der Waals surface area contributed by atoms with Gasteiger partial charge in [-0.25, -0.2) is 0 Å². The lowest BCUT2D eigenvalue weighted by atomic mass is 9.96. The highest BCUT2D eigenvalue weighted by atomic mass is 16.5. The molecule has 1 N–H and O–H groups in total. The van der Waals surface area contributed by atoms with Crippen LogP contribution in [-0.2, 0) is 13.0 Å². The van der Waals surface area contributed by atoms with E-state index < -0.39 is 0 Å². The largest absolute Gasteiger partial charge is 0.504 e. The van der Waals surface area contributed by atoms with Crippen molar-refractivity contribution in [1.82, 2.24) is 9.80 Å². The summed E-state index contributed by atoms with van der Waals surface area (Å²) in [6, 6.07) is 14.4. The normalized spacial score (nSPS) is 17.8. The van der Waals surface area contributed by atoms with Crippen molar-refractivity contribution < 1.29 is 9.84 Å². The van der Waals surface area contributed by atoms with Crippen LogP contribution in [0.1, 0.15) is 29.5 Å². The summed E-state index contributed by atoms with van der Waals surface area (Å²) in [5, 5.41) is 9.98. The zero-order valence-corrected chi connectivity index (χ0v) is 17.5. The van der Waals surface area contributed by atoms with Gasteiger partial charge in [-0.1, -0.05) is 30.3 Å². The molecule has 4 nitrogen and oxygen atoms in total. The second-order valence-electron chi connectivity index (χ2n) is 8.19. The number of phenols is 1. The van der Waals surface area contributed by atoms with E-state index >= 15 is 0 Å². The quantitative estimate of drug-likeness (QED) is 0.746. The minimum atomic E-state index is 0.216. The first-order valence-electron chi connectivity index (χ1n) is 10.4. The Kier molecular flexibility index (Phi) is 7.35. The molecule has 0 bridgehead atoms. The average Bonchev–Trinajstić information content (AvgIpc) is 2.68. The van der Waals surface area contributed by atoms with Crippen LogP contribution in [-0.4, -0.2) is 55.2 Å². The van der Waals surface area contributed by atoms with Gasteiger partial charge in [0.25, 0.3) is 0 Å². The number of benzene rings is 2. The number of methoxy groups -OCH3 is 1. The lowest BCUT2D eigenvalue weighted by molar-refractivity contribution is 0.142. The van der Waals surface area contributed by atoms with Gasteiger partial charge in [-0.2, -0.15) is 0 Å². The number of phenolic OH excluding ortho intramolecular Hbond substituents is 1. The number of likely N-dealkylation sites (tertiary alicyclic amines) is 1. The molecule has 2 aromatic carbocycles. The first-order chi connectivity index (χ1) is 13.5. The molecule has 0 aromatic heterocycles. The van der Waals surface area contributed by atoms with E-state index in [1.165, 1.54) is 37.1 Å². The van der Waals surface area contributed by atoms with Gasteiger partial charge in [-0.3, -0.25) is 0 Å². The van der Waals surface area contributed by atoms with E-state index in [1.54, 1.807) is 7.11 Å². The Hall–Kier alpha value is -2.04. The van der Waals surface area contributed by atoms with Crippen molar-refractivity contribution in [3.05, 3.63) is 59.2 Å². The number of hydrogen-bond donors (Lipinski definition) is 1. The fourth-order valence-corrected chi connectivity index (χ4v) is 4.32. The van der Waals surface area contributed by atoms with E-state index in [2.05, 4.69) is 48.0 Å². The van der Waals surface area contributed by atoms with Crippen LogP contribution in [0.2, 0.25) is 0 Å². The van der Waals surface area contributed by atoms with E-state index in [-0.39, 0.29) is 5.75 Å². The van der Waals surface area contributed by atoms with E-state index in [0.29, 0.717) is 11.7 Å². The number of aryl methyl sites for hydroxylation is 1. The van der Waals surface area contributed by atoms with Crippen LogP contribution < -0.4 is 4.74 Å². The van der Waals surface area contributed by atoms with Gasteiger partial charge in [0, 0.05) is 26.2 Å². The molecule has 0 spiro atoms. The van der Waals surface area contributed by atoms with Crippen LogP contribution in [0, 0.1) is 12.8 Å². The molecule has 2 aromatic rings. The summed E-state index contributed by atoms with van der Waals surface area (Å²) in [6.07, 6.45) is 3.73. The fourth-order valence-electron chi connectivity index (χ4n) is 4.32. The molecule has 1 saturated heterocycles. The van der Waals surface area contributed by atoms with Gasteiger partial charge in [-0.05, 0) is 74.5 Å². The molecule has 0 unspecified atom stereocenters. The first-order valence-corrected chi connectivity index (χ1v) is 10.4. The Morgan fingerprint density at radius 3 is 2.79 bits per heavy atom. The second kappa shape index (κ2) is 9.94. The van der Waals surface area contributed by atoms with Gasteiger partial charge in [0.1, 0.15) is 0 Å². The predicted octanol–water partition coefficient (Wildman–Crippen LogP) is 4.10. The van der Waals surface area contributed by atoms with E-state index in [0.717, 1.165) is 31.6 Å². The van der Waals surface area contributed by atoms with Crippen molar-refractivity contribution in [1.29, 1.82) is 0 Å². The number of rotatable bonds is 8. The number of hydrogen-bond acceptors (Lipinski definition) is 4. The number of aromatic hydroxyl groups is 1. The molecule has 1 atom stereocenters. The minimum absolute atomic E-state index is 0.216. The molecule has 1 aliphatic heterocycles. The molecular weight excluding hydrogens is 348 g/mol. The van der Waals surface area contributed by atoms with E-state index in [9.17, 15) is 5.11 Å². The summed E-state index contributed by atoms with van der Waals surface area (Å²) >= 11 is 0. The molecule has 28 heavy (non-hydrogen) atoms. The second-order valence-corrected chi connectivity index (χ2v) is 8.19. The molecule has 0 aliphatic carbocycles. The summed E-state index contributed by atoms with van der Waals surface area (Å²) in [7, 11) is 3.75. The third kappa shape index (κ3) is 5.73. The Bertz CT molecular complexity index is 762. The maximum Gasteiger partial charge on any atom is 0.160 e. The van der Waals surface area contributed by atoms with Crippen molar-refractivity contribution in [2.75, 3.05) is 40.3 Å². The molecule has 1 heterocycles. The fraction of sp³-hybridized carbons (Fsp3) is 0.500. The van der Waals surface area contributed by atoms with Gasteiger partial charge in [0.15, 0.2) is 11.5 Å². The SMILES string of the molecule is COc1ccc(CN(C)C[C@@H]2CCCN(CCc3ccccc3C)C2)cc1O. The topological polar surface area (TPSA) is 35.9 Å². The summed E-state index contributed by atoms with van der Waals surface area (Å²) in [6.45, 7) is 7.70. The highest BCUT2D eigenvalue weighted by Gasteiger charge is 2.21. The Morgan fingerprint density at radius 2 is 2.04 bits per heavy atom. The van der Waals surface area contributed by atoms with Crippen molar-refractivity contribution in [3.63, 3.8) is 0 Å². The van der Waals surface area contributed by atoms with Gasteiger partial charge < -0.3 is 19.6 Å². The van der Waals surface area contributed by atoms with E-state index in [1.807, 2.05) is 18.2 Å². The lowest BCUT2D eigenvalue weighted by Gasteiger charge is -2.35. The molecular formula is C24H34N2O2. The van der Waals surface area contributed by atoms with Crippen LogP contribution in [0.15, 0.2) is 42.5 Å². The molecule has 0 radical (unpaired) electrons. The maximum absolute atomic E-state index is 9.98. The lowest BCUT2D eigenvalue weighted by Crippen LogP contribution is -2.40. The zero-order valence-electron chi connectivity index (χ0n) is 17.5. The molecule has 4 heteroatoms. The average molecular weight is 383 g/mol.